The van der Waals surface area contributed by atoms with Crippen LogP contribution in [-0.2, 0) is 14.3 Å². The van der Waals surface area contributed by atoms with E-state index < -0.39 is 17.9 Å². The van der Waals surface area contributed by atoms with E-state index >= 15 is 0 Å². The van der Waals surface area contributed by atoms with Crippen molar-refractivity contribution in [1.82, 2.24) is 10.2 Å². The number of hydrogen-bond donors (Lipinski definition) is 2. The molecular formula is C24H31ClN2O5S. The van der Waals surface area contributed by atoms with Crippen molar-refractivity contribution < 1.29 is 24.2 Å². The topological polar surface area (TPSA) is 88.1 Å². The molecule has 1 saturated heterocycles. The van der Waals surface area contributed by atoms with Crippen molar-refractivity contribution in [2.45, 2.75) is 33.2 Å². The Morgan fingerprint density at radius 2 is 1.94 bits per heavy atom. The number of allylic oxidation sites excluding steroid dienone is 4. The molecule has 1 unspecified atom stereocenters. The van der Waals surface area contributed by atoms with Gasteiger partial charge in [-0.05, 0) is 42.9 Å². The summed E-state index contributed by atoms with van der Waals surface area (Å²) in [6, 6.07) is 5.28. The highest BCUT2D eigenvalue weighted by Gasteiger charge is 2.22. The first kappa shape index (κ1) is 28.4. The van der Waals surface area contributed by atoms with Crippen LogP contribution in [-0.4, -0.2) is 59.4 Å². The fourth-order valence-electron chi connectivity index (χ4n) is 2.74. The third kappa shape index (κ3) is 9.77. The first-order chi connectivity index (χ1) is 15.8. The molecule has 7 nitrogen and oxygen atoms in total. The van der Waals surface area contributed by atoms with E-state index in [9.17, 15) is 14.7 Å². The van der Waals surface area contributed by atoms with Gasteiger partial charge in [0.15, 0.2) is 0 Å². The lowest BCUT2D eigenvalue weighted by Crippen LogP contribution is -2.41. The monoisotopic (exact) mass is 494 g/mol. The Kier molecular flexibility index (Phi) is 13.1. The van der Waals surface area contributed by atoms with Gasteiger partial charge in [0.25, 0.3) is 11.1 Å². The van der Waals surface area contributed by atoms with Gasteiger partial charge in [-0.1, -0.05) is 56.3 Å². The quantitative estimate of drug-likeness (QED) is 0.310. The molecule has 33 heavy (non-hydrogen) atoms. The number of hydrogen-bond acceptors (Lipinski definition) is 5. The summed E-state index contributed by atoms with van der Waals surface area (Å²) in [6.45, 7) is 12.0. The van der Waals surface area contributed by atoms with Gasteiger partial charge in [0.2, 0.25) is 0 Å². The highest BCUT2D eigenvalue weighted by molar-refractivity contribution is 7.80. The number of halogens is 1. The van der Waals surface area contributed by atoms with Gasteiger partial charge in [-0.3, -0.25) is 4.79 Å². The highest BCUT2D eigenvalue weighted by atomic mass is 35.5. The smallest absolute Gasteiger partial charge is 0.326 e. The van der Waals surface area contributed by atoms with Crippen molar-refractivity contribution in [2.75, 3.05) is 26.3 Å². The number of carboxylic acid groups (broad SMARTS) is 1. The van der Waals surface area contributed by atoms with Gasteiger partial charge in [-0.15, -0.1) is 0 Å². The normalized spacial score (nSPS) is 15.0. The van der Waals surface area contributed by atoms with Crippen LogP contribution in [0.3, 0.4) is 0 Å². The van der Waals surface area contributed by atoms with Crippen molar-refractivity contribution in [2.24, 2.45) is 0 Å². The van der Waals surface area contributed by atoms with E-state index in [1.807, 2.05) is 18.7 Å². The molecule has 1 atom stereocenters. The van der Waals surface area contributed by atoms with E-state index in [4.69, 9.17) is 33.3 Å². The third-order valence-electron chi connectivity index (χ3n) is 4.47. The standard InChI is InChI=1S/C22H25ClN2O5S.C2H6/c1-3-16(9-8-15(2)30-22(31)25-10-12-29-13-11-25)14-19(21(27)28)24-20(26)17-6-4-5-7-18(17)23;1-2/h3-9,19H,1,10-14H2,2H3,(H,24,26)(H,27,28);1-2H3/b15-8+,16-9+;. The third-order valence-corrected chi connectivity index (χ3v) is 5.14. The summed E-state index contributed by atoms with van der Waals surface area (Å²) in [5.41, 5.74) is 0.812. The number of carboxylic acids is 1. The van der Waals surface area contributed by atoms with E-state index in [0.717, 1.165) is 0 Å². The highest BCUT2D eigenvalue weighted by Crippen LogP contribution is 2.16. The number of carbonyl (C=O) groups excluding carboxylic acids is 1. The molecule has 0 spiro atoms. The van der Waals surface area contributed by atoms with Gasteiger partial charge in [0.05, 0.1) is 23.8 Å². The number of aliphatic carboxylic acids is 1. The Morgan fingerprint density at radius 1 is 1.30 bits per heavy atom. The Hall–Kier alpha value is -2.68. The van der Waals surface area contributed by atoms with Crippen LogP contribution in [0.5, 0.6) is 0 Å². The summed E-state index contributed by atoms with van der Waals surface area (Å²) in [7, 11) is 0. The van der Waals surface area contributed by atoms with Gasteiger partial charge in [-0.25, -0.2) is 4.79 Å². The van der Waals surface area contributed by atoms with Crippen LogP contribution in [0.1, 0.15) is 37.6 Å². The molecule has 2 N–H and O–H groups in total. The number of morpholine rings is 1. The second-order valence-corrected chi connectivity index (χ2v) is 7.50. The largest absolute Gasteiger partial charge is 0.480 e. The average Bonchev–Trinajstić information content (AvgIpc) is 2.82. The first-order valence-electron chi connectivity index (χ1n) is 10.6. The molecule has 1 amide bonds. The van der Waals surface area contributed by atoms with E-state index in [1.54, 1.807) is 37.3 Å². The van der Waals surface area contributed by atoms with Crippen molar-refractivity contribution in [1.29, 1.82) is 0 Å². The Balaban J connectivity index is 0.00000265. The molecule has 1 aromatic rings. The first-order valence-corrected chi connectivity index (χ1v) is 11.4. The zero-order valence-electron chi connectivity index (χ0n) is 19.2. The SMILES string of the molecule is C=C/C(=C\C=C(/C)OC(=S)N1CCOCC1)CC(NC(=O)c1ccccc1Cl)C(=O)O.CC. The number of rotatable bonds is 8. The Morgan fingerprint density at radius 3 is 2.52 bits per heavy atom. The molecule has 180 valence electrons. The molecule has 1 aliphatic rings. The summed E-state index contributed by atoms with van der Waals surface area (Å²) in [4.78, 5) is 26.0. The van der Waals surface area contributed by atoms with Gasteiger partial charge < -0.3 is 24.8 Å². The summed E-state index contributed by atoms with van der Waals surface area (Å²) < 4.78 is 10.9. The minimum atomic E-state index is -1.17. The molecule has 0 radical (unpaired) electrons. The second-order valence-electron chi connectivity index (χ2n) is 6.74. The molecule has 0 aliphatic carbocycles. The second kappa shape index (κ2) is 15.2. The van der Waals surface area contributed by atoms with Crippen LogP contribution in [0.4, 0.5) is 0 Å². The molecule has 1 aromatic carbocycles. The number of benzene rings is 1. The number of ether oxygens (including phenoxy) is 2. The van der Waals surface area contributed by atoms with Crippen LogP contribution < -0.4 is 5.32 Å². The molecule has 1 aliphatic heterocycles. The number of amides is 1. The Labute approximate surface area is 205 Å². The van der Waals surface area contributed by atoms with Gasteiger partial charge in [0.1, 0.15) is 11.8 Å². The van der Waals surface area contributed by atoms with Gasteiger partial charge in [-0.2, -0.15) is 0 Å². The number of thiocarbonyl (C=S) groups is 1. The van der Waals surface area contributed by atoms with Crippen molar-refractivity contribution in [3.8, 4) is 0 Å². The molecule has 0 aromatic heterocycles. The maximum Gasteiger partial charge on any atom is 0.326 e. The molecule has 9 heteroatoms. The van der Waals surface area contributed by atoms with Crippen LogP contribution in [0.15, 0.2) is 60.4 Å². The lowest BCUT2D eigenvalue weighted by atomic mass is 10.0. The lowest BCUT2D eigenvalue weighted by Gasteiger charge is -2.28. The molecule has 1 heterocycles. The predicted octanol–water partition coefficient (Wildman–Crippen LogP) is 4.59. The van der Waals surface area contributed by atoms with E-state index in [-0.39, 0.29) is 17.0 Å². The minimum Gasteiger partial charge on any atom is -0.480 e. The van der Waals surface area contributed by atoms with Crippen LogP contribution in [0.2, 0.25) is 5.02 Å². The van der Waals surface area contributed by atoms with Gasteiger partial charge >= 0.3 is 5.97 Å². The molecule has 0 bridgehead atoms. The van der Waals surface area contributed by atoms with E-state index in [2.05, 4.69) is 11.9 Å². The van der Waals surface area contributed by atoms with Crippen LogP contribution in [0, 0.1) is 0 Å². The van der Waals surface area contributed by atoms with Crippen molar-refractivity contribution in [3.05, 3.63) is 71.0 Å². The van der Waals surface area contributed by atoms with Crippen LogP contribution >= 0.6 is 23.8 Å². The van der Waals surface area contributed by atoms with Crippen LogP contribution in [0.25, 0.3) is 0 Å². The van der Waals surface area contributed by atoms with E-state index in [1.165, 1.54) is 12.1 Å². The maximum absolute atomic E-state index is 12.4. The zero-order valence-corrected chi connectivity index (χ0v) is 20.7. The molecule has 0 saturated carbocycles. The minimum absolute atomic E-state index is 0.0344. The van der Waals surface area contributed by atoms with Crippen molar-refractivity contribution >= 4 is 40.9 Å². The maximum atomic E-state index is 12.4. The summed E-state index contributed by atoms with van der Waals surface area (Å²) >= 11 is 11.3. The fourth-order valence-corrected chi connectivity index (χ4v) is 3.28. The molecule has 1 fully saturated rings. The number of nitrogens with one attached hydrogen (secondary N) is 1. The number of nitrogens with zero attached hydrogens (tertiary/aromatic N) is 1. The molecular weight excluding hydrogens is 464 g/mol. The zero-order chi connectivity index (χ0) is 24.8. The fraction of sp³-hybridized carbons (Fsp3) is 0.375. The van der Waals surface area contributed by atoms with Gasteiger partial charge in [0, 0.05) is 19.5 Å². The van der Waals surface area contributed by atoms with Crippen molar-refractivity contribution in [3.63, 3.8) is 0 Å². The summed E-state index contributed by atoms with van der Waals surface area (Å²) in [5, 5.41) is 12.6. The summed E-state index contributed by atoms with van der Waals surface area (Å²) in [6.07, 6.45) is 4.93. The number of carbonyl (C=O) groups is 2. The lowest BCUT2D eigenvalue weighted by molar-refractivity contribution is -0.139. The Bertz CT molecular complexity index is 895. The average molecular weight is 495 g/mol. The van der Waals surface area contributed by atoms with E-state index in [0.29, 0.717) is 42.8 Å². The predicted molar refractivity (Wildman–Crippen MR) is 134 cm³/mol. The summed E-state index contributed by atoms with van der Waals surface area (Å²) in [5.74, 6) is -1.19. The molecule has 2 rings (SSSR count).